The first-order chi connectivity index (χ1) is 21.8. The molecule has 4 unspecified atom stereocenters. The Bertz CT molecular complexity index is 1410. The summed E-state index contributed by atoms with van der Waals surface area (Å²) in [6.45, 7) is 21.9. The Morgan fingerprint density at radius 3 is 1.94 bits per heavy atom. The smallest absolute Gasteiger partial charge is 0.347 e. The van der Waals surface area contributed by atoms with Gasteiger partial charge in [-0.1, -0.05) is 43.8 Å². The maximum Gasteiger partial charge on any atom is 0.347 e. The fourth-order valence-corrected chi connectivity index (χ4v) is 5.68. The molecule has 0 aromatic heterocycles. The summed E-state index contributed by atoms with van der Waals surface area (Å²) in [6, 6.07) is 9.74. The summed E-state index contributed by atoms with van der Waals surface area (Å²) >= 11 is 0. The van der Waals surface area contributed by atoms with Crippen molar-refractivity contribution < 1.29 is 52.7 Å². The highest BCUT2D eigenvalue weighted by atomic mass is 16.8. The van der Waals surface area contributed by atoms with Crippen LogP contribution in [-0.2, 0) is 54.0 Å². The average molecular weight is 673 g/mol. The van der Waals surface area contributed by atoms with Crippen LogP contribution in [0.1, 0.15) is 94.6 Å². The number of hydrogen-bond acceptors (Lipinski definition) is 11. The zero-order valence-electron chi connectivity index (χ0n) is 30.1. The van der Waals surface area contributed by atoms with Crippen LogP contribution in [0.3, 0.4) is 0 Å². The van der Waals surface area contributed by atoms with Crippen molar-refractivity contribution >= 4 is 23.9 Å². The molecule has 266 valence electrons. The van der Waals surface area contributed by atoms with Crippen LogP contribution in [0.2, 0.25) is 0 Å². The molecule has 11 heteroatoms. The summed E-state index contributed by atoms with van der Waals surface area (Å²) in [5.41, 5.74) is -7.34. The zero-order valence-corrected chi connectivity index (χ0v) is 30.1. The molecule has 0 radical (unpaired) electrons. The number of ether oxygens (including phenoxy) is 6. The number of fused-ring (bicyclic) bond motifs is 2. The lowest BCUT2D eigenvalue weighted by Crippen LogP contribution is -2.77. The highest BCUT2D eigenvalue weighted by molar-refractivity contribution is 6.00. The molecular formula is C37H52O11. The first-order valence-corrected chi connectivity index (χ1v) is 16.2. The Balaban J connectivity index is 2.06. The van der Waals surface area contributed by atoms with E-state index in [0.717, 1.165) is 5.56 Å². The molecule has 6 atom stereocenters. The highest BCUT2D eigenvalue weighted by Gasteiger charge is 2.77. The molecule has 1 aromatic rings. The minimum Gasteiger partial charge on any atom is -0.458 e. The van der Waals surface area contributed by atoms with Crippen LogP contribution < -0.4 is 0 Å². The largest absolute Gasteiger partial charge is 0.458 e. The van der Waals surface area contributed by atoms with E-state index in [1.165, 1.54) is 19.1 Å². The summed E-state index contributed by atoms with van der Waals surface area (Å²) < 4.78 is 35.1. The molecule has 0 amide bonds. The van der Waals surface area contributed by atoms with Gasteiger partial charge >= 0.3 is 23.9 Å². The molecule has 11 nitrogen and oxygen atoms in total. The van der Waals surface area contributed by atoms with Crippen LogP contribution in [0.25, 0.3) is 0 Å². The minimum absolute atomic E-state index is 0.0492. The van der Waals surface area contributed by atoms with E-state index in [-0.39, 0.29) is 18.8 Å². The summed E-state index contributed by atoms with van der Waals surface area (Å²) in [7, 11) is 0. The van der Waals surface area contributed by atoms with Crippen molar-refractivity contribution in [1.82, 2.24) is 0 Å². The van der Waals surface area contributed by atoms with Crippen LogP contribution in [0.5, 0.6) is 0 Å². The predicted molar refractivity (Wildman–Crippen MR) is 176 cm³/mol. The van der Waals surface area contributed by atoms with Gasteiger partial charge in [0, 0.05) is 19.3 Å². The first-order valence-electron chi connectivity index (χ1n) is 16.2. The summed E-state index contributed by atoms with van der Waals surface area (Å²) in [6.07, 6.45) is 0.463. The molecule has 0 saturated carbocycles. The summed E-state index contributed by atoms with van der Waals surface area (Å²) in [4.78, 5) is 53.9. The summed E-state index contributed by atoms with van der Waals surface area (Å²) in [5, 5.41) is 12.4. The Hall–Kier alpha value is -3.54. The van der Waals surface area contributed by atoms with Gasteiger partial charge in [0.1, 0.15) is 22.9 Å². The maximum absolute atomic E-state index is 14.1. The Morgan fingerprint density at radius 2 is 1.42 bits per heavy atom. The number of hydrogen-bond donors (Lipinski definition) is 1. The quantitative estimate of drug-likeness (QED) is 0.186. The molecule has 2 aliphatic heterocycles. The van der Waals surface area contributed by atoms with Crippen LogP contribution in [0.4, 0.5) is 0 Å². The lowest BCUT2D eigenvalue weighted by Gasteiger charge is -2.51. The van der Waals surface area contributed by atoms with Crippen molar-refractivity contribution in [2.45, 2.75) is 141 Å². The third-order valence-electron chi connectivity index (χ3n) is 7.61. The minimum atomic E-state index is -3.07. The number of carbonyl (C=O) groups is 4. The summed E-state index contributed by atoms with van der Waals surface area (Å²) in [5.74, 6) is -6.08. The van der Waals surface area contributed by atoms with E-state index in [1.807, 2.05) is 37.3 Å². The molecule has 1 saturated heterocycles. The van der Waals surface area contributed by atoms with E-state index < -0.39 is 69.9 Å². The van der Waals surface area contributed by atoms with Gasteiger partial charge in [0.15, 0.2) is 5.79 Å². The lowest BCUT2D eigenvalue weighted by atomic mass is 9.77. The molecule has 3 rings (SSSR count). The average Bonchev–Trinajstić information content (AvgIpc) is 3.27. The normalized spacial score (nSPS) is 26.6. The lowest BCUT2D eigenvalue weighted by molar-refractivity contribution is -0.358. The van der Waals surface area contributed by atoms with E-state index in [1.54, 1.807) is 62.3 Å². The van der Waals surface area contributed by atoms with E-state index >= 15 is 0 Å². The molecule has 1 fully saturated rings. The standard InChI is InChI=1S/C37H52O11/c1-23(27(43-25(3)38)24(2)22-26-16-14-13-15-17-26)18-19-35-20-21-36(48-35,30(40)46-33(7,8)9)37(42,31(41)47-34(10,11)12)28(44-35)29(39)45-32(4,5)6/h13-17,20-21,24,27-28,42H,1,18-19,22H2,2-12H3/t24-,27-,28?,35?,36?,37?/m1/s1. The topological polar surface area (TPSA) is 144 Å². The molecule has 2 bridgehead atoms. The van der Waals surface area contributed by atoms with Gasteiger partial charge in [-0.2, -0.15) is 0 Å². The van der Waals surface area contributed by atoms with Crippen molar-refractivity contribution in [3.05, 3.63) is 60.2 Å². The van der Waals surface area contributed by atoms with E-state index in [2.05, 4.69) is 6.58 Å². The van der Waals surface area contributed by atoms with Crippen LogP contribution in [0.15, 0.2) is 54.6 Å². The number of rotatable bonds is 11. The third-order valence-corrected chi connectivity index (χ3v) is 7.61. The van der Waals surface area contributed by atoms with Gasteiger partial charge in [0.05, 0.1) is 0 Å². The van der Waals surface area contributed by atoms with Crippen molar-refractivity contribution in [2.24, 2.45) is 5.92 Å². The van der Waals surface area contributed by atoms with Crippen molar-refractivity contribution in [2.75, 3.05) is 0 Å². The Labute approximate surface area is 283 Å². The van der Waals surface area contributed by atoms with Crippen LogP contribution in [0, 0.1) is 5.92 Å². The predicted octanol–water partition coefficient (Wildman–Crippen LogP) is 5.31. The molecule has 0 spiro atoms. The van der Waals surface area contributed by atoms with Gasteiger partial charge in [-0.15, -0.1) is 0 Å². The molecule has 48 heavy (non-hydrogen) atoms. The SMILES string of the molecule is C=C(CCC12C=CC(C(=O)OC(C)(C)C)(O1)C(O)(C(=O)OC(C)(C)C)C(C(=O)OC(C)(C)C)O2)[C@@H](OC(C)=O)[C@H](C)Cc1ccccc1. The van der Waals surface area contributed by atoms with E-state index in [9.17, 15) is 24.3 Å². The number of benzene rings is 1. The fourth-order valence-electron chi connectivity index (χ4n) is 5.68. The van der Waals surface area contributed by atoms with Gasteiger partial charge in [0.2, 0.25) is 17.3 Å². The van der Waals surface area contributed by atoms with Gasteiger partial charge in [-0.25, -0.2) is 14.4 Å². The van der Waals surface area contributed by atoms with Crippen molar-refractivity contribution in [1.29, 1.82) is 0 Å². The van der Waals surface area contributed by atoms with Gasteiger partial charge in [0.25, 0.3) is 0 Å². The van der Waals surface area contributed by atoms with Crippen LogP contribution >= 0.6 is 0 Å². The zero-order chi connectivity index (χ0) is 36.5. The first kappa shape index (κ1) is 38.9. The van der Waals surface area contributed by atoms with E-state index in [0.29, 0.717) is 12.0 Å². The molecule has 2 heterocycles. The molecule has 2 aliphatic rings. The van der Waals surface area contributed by atoms with Crippen molar-refractivity contribution in [3.63, 3.8) is 0 Å². The van der Waals surface area contributed by atoms with Gasteiger partial charge in [-0.3, -0.25) is 4.79 Å². The number of carbonyl (C=O) groups excluding carboxylic acids is 4. The number of esters is 4. The third kappa shape index (κ3) is 8.92. The van der Waals surface area contributed by atoms with Gasteiger partial charge < -0.3 is 33.5 Å². The molecule has 1 aromatic carbocycles. The van der Waals surface area contributed by atoms with E-state index in [4.69, 9.17) is 28.4 Å². The molecule has 1 N–H and O–H groups in total. The second-order valence-electron chi connectivity index (χ2n) is 15.6. The molecule has 0 aliphatic carbocycles. The fraction of sp³-hybridized carbons (Fsp3) is 0.622. The number of aliphatic hydroxyl groups is 1. The molecular weight excluding hydrogens is 620 g/mol. The Morgan fingerprint density at radius 1 is 0.875 bits per heavy atom. The van der Waals surface area contributed by atoms with Gasteiger partial charge in [-0.05, 0) is 98.4 Å². The monoisotopic (exact) mass is 672 g/mol. The van der Waals surface area contributed by atoms with Crippen molar-refractivity contribution in [3.8, 4) is 0 Å². The second-order valence-corrected chi connectivity index (χ2v) is 15.6. The second kappa shape index (κ2) is 13.8. The Kier molecular flexibility index (Phi) is 11.2. The highest BCUT2D eigenvalue weighted by Crippen LogP contribution is 2.52. The maximum atomic E-state index is 14.1. The van der Waals surface area contributed by atoms with Crippen LogP contribution in [-0.4, -0.2) is 75.0 Å².